The zero-order valence-electron chi connectivity index (χ0n) is 24.2. The minimum absolute atomic E-state index is 0.245. The number of benzene rings is 1. The summed E-state index contributed by atoms with van der Waals surface area (Å²) < 4.78 is 0. The molecule has 1 aromatic heterocycles. The summed E-state index contributed by atoms with van der Waals surface area (Å²) in [7, 11) is 0. The van der Waals surface area contributed by atoms with Crippen LogP contribution in [0.5, 0.6) is 0 Å². The number of amides is 3. The number of nitrogens with one attached hydrogen (secondary N) is 3. The number of pyridine rings is 1. The van der Waals surface area contributed by atoms with Crippen molar-refractivity contribution >= 4 is 17.7 Å². The van der Waals surface area contributed by atoms with E-state index in [9.17, 15) is 24.6 Å². The molecule has 0 bridgehead atoms. The number of hydrogen-bond donors (Lipinski definition) is 5. The fourth-order valence-corrected chi connectivity index (χ4v) is 5.01. The molecule has 40 heavy (non-hydrogen) atoms. The summed E-state index contributed by atoms with van der Waals surface area (Å²) in [5, 5.41) is 30.4. The molecule has 0 fully saturated rings. The molecule has 220 valence electrons. The number of carbonyl (C=O) groups excluding carboxylic acids is 3. The third kappa shape index (κ3) is 11.1. The van der Waals surface area contributed by atoms with Crippen molar-refractivity contribution in [2.24, 2.45) is 5.92 Å². The highest BCUT2D eigenvalue weighted by atomic mass is 16.3. The Morgan fingerprint density at radius 2 is 1.52 bits per heavy atom. The summed E-state index contributed by atoms with van der Waals surface area (Å²) in [6, 6.07) is 10.2. The lowest BCUT2D eigenvalue weighted by Crippen LogP contribution is -2.58. The normalized spacial score (nSPS) is 15.0. The topological polar surface area (TPSA) is 141 Å². The lowest BCUT2D eigenvalue weighted by Gasteiger charge is -2.32. The van der Waals surface area contributed by atoms with Crippen LogP contribution in [-0.4, -0.2) is 63.3 Å². The largest absolute Gasteiger partial charge is 0.388 e. The SMILES string of the molecule is CCCC(CCC)CC[C@@H](NC(=O)c1cccnc1)C(=O)N[C@H](Cc1ccccc1)[C@@H](O)[C@H](O)[C@H](C)NC(C)=O. The summed E-state index contributed by atoms with van der Waals surface area (Å²) in [5.74, 6) is -0.750. The predicted octanol–water partition coefficient (Wildman–Crippen LogP) is 3.15. The second-order valence-corrected chi connectivity index (χ2v) is 10.6. The van der Waals surface area contributed by atoms with Gasteiger partial charge in [-0.1, -0.05) is 69.9 Å². The van der Waals surface area contributed by atoms with Crippen LogP contribution in [0.3, 0.4) is 0 Å². The van der Waals surface area contributed by atoms with Crippen LogP contribution in [0.1, 0.15) is 82.1 Å². The highest BCUT2D eigenvalue weighted by Gasteiger charge is 2.34. The molecule has 0 aliphatic heterocycles. The van der Waals surface area contributed by atoms with Crippen LogP contribution in [0.25, 0.3) is 0 Å². The molecule has 1 aromatic carbocycles. The van der Waals surface area contributed by atoms with Crippen LogP contribution in [0.4, 0.5) is 0 Å². The Balaban J connectivity index is 2.28. The van der Waals surface area contributed by atoms with Crippen molar-refractivity contribution in [2.75, 3.05) is 0 Å². The van der Waals surface area contributed by atoms with Crippen LogP contribution in [0.2, 0.25) is 0 Å². The molecule has 0 aliphatic rings. The van der Waals surface area contributed by atoms with E-state index in [1.165, 1.54) is 13.1 Å². The summed E-state index contributed by atoms with van der Waals surface area (Å²) in [6.45, 7) is 7.20. The van der Waals surface area contributed by atoms with Gasteiger partial charge in [-0.15, -0.1) is 0 Å². The summed E-state index contributed by atoms with van der Waals surface area (Å²) in [5.41, 5.74) is 1.20. The number of hydrogen-bond acceptors (Lipinski definition) is 6. The van der Waals surface area contributed by atoms with E-state index in [0.29, 0.717) is 17.9 Å². The maximum atomic E-state index is 13.7. The molecule has 5 N–H and O–H groups in total. The Bertz CT molecular complexity index is 1030. The van der Waals surface area contributed by atoms with E-state index in [2.05, 4.69) is 34.8 Å². The van der Waals surface area contributed by atoms with E-state index in [1.54, 1.807) is 25.3 Å². The van der Waals surface area contributed by atoms with Crippen LogP contribution in [-0.2, 0) is 16.0 Å². The monoisotopic (exact) mass is 554 g/mol. The molecule has 9 heteroatoms. The Morgan fingerprint density at radius 3 is 2.10 bits per heavy atom. The molecule has 1 heterocycles. The lowest BCUT2D eigenvalue weighted by atomic mass is 9.90. The van der Waals surface area contributed by atoms with Crippen molar-refractivity contribution in [3.8, 4) is 0 Å². The molecular weight excluding hydrogens is 508 g/mol. The number of nitrogens with zero attached hydrogens (tertiary/aromatic N) is 1. The van der Waals surface area contributed by atoms with Crippen LogP contribution in [0.15, 0.2) is 54.9 Å². The van der Waals surface area contributed by atoms with Gasteiger partial charge < -0.3 is 26.2 Å². The van der Waals surface area contributed by atoms with E-state index in [-0.39, 0.29) is 12.3 Å². The number of carbonyl (C=O) groups is 3. The molecule has 3 amide bonds. The van der Waals surface area contributed by atoms with Gasteiger partial charge in [0.1, 0.15) is 18.2 Å². The van der Waals surface area contributed by atoms with Gasteiger partial charge in [0.05, 0.1) is 17.6 Å². The minimum atomic E-state index is -1.38. The number of aliphatic hydroxyl groups excluding tert-OH is 2. The molecule has 0 saturated heterocycles. The maximum absolute atomic E-state index is 13.7. The number of rotatable bonds is 17. The molecular formula is C31H46N4O5. The standard InChI is InChI=1S/C31H46N4O5/c1-5-11-23(12-6-2)16-17-26(34-30(39)25-15-10-18-32-20-25)31(40)35-27(19-24-13-8-7-9-14-24)29(38)28(37)21(3)33-22(4)36/h7-10,13-15,18,20-21,23,26-29,37-38H,5-6,11-12,16-17,19H2,1-4H3,(H,33,36)(H,34,39)(H,35,40)/t21-,26+,27+,28+,29+/m0/s1. The highest BCUT2D eigenvalue weighted by molar-refractivity contribution is 5.97. The fraction of sp³-hybridized carbons (Fsp3) is 0.548. The van der Waals surface area contributed by atoms with Gasteiger partial charge >= 0.3 is 0 Å². The van der Waals surface area contributed by atoms with Crippen LogP contribution >= 0.6 is 0 Å². The number of aliphatic hydroxyl groups is 2. The maximum Gasteiger partial charge on any atom is 0.253 e. The Hall–Kier alpha value is -3.30. The van der Waals surface area contributed by atoms with Gasteiger partial charge in [0.15, 0.2) is 0 Å². The average molecular weight is 555 g/mol. The first-order valence-electron chi connectivity index (χ1n) is 14.3. The van der Waals surface area contributed by atoms with Gasteiger partial charge in [-0.25, -0.2) is 0 Å². The molecule has 0 aliphatic carbocycles. The molecule has 0 radical (unpaired) electrons. The third-order valence-corrected chi connectivity index (χ3v) is 7.13. The van der Waals surface area contributed by atoms with E-state index >= 15 is 0 Å². The molecule has 2 aromatic rings. The molecule has 0 spiro atoms. The first kappa shape index (κ1) is 32.9. The zero-order valence-corrected chi connectivity index (χ0v) is 24.2. The van der Waals surface area contributed by atoms with Gasteiger partial charge in [-0.05, 0) is 49.8 Å². The Labute approximate surface area is 238 Å². The first-order chi connectivity index (χ1) is 19.2. The van der Waals surface area contributed by atoms with Crippen molar-refractivity contribution < 1.29 is 24.6 Å². The van der Waals surface area contributed by atoms with Crippen molar-refractivity contribution in [1.29, 1.82) is 0 Å². The lowest BCUT2D eigenvalue weighted by molar-refractivity contribution is -0.127. The van der Waals surface area contributed by atoms with E-state index in [4.69, 9.17) is 0 Å². The average Bonchev–Trinajstić information content (AvgIpc) is 2.94. The predicted molar refractivity (Wildman–Crippen MR) is 155 cm³/mol. The quantitative estimate of drug-likeness (QED) is 0.203. The minimum Gasteiger partial charge on any atom is -0.388 e. The first-order valence-corrected chi connectivity index (χ1v) is 14.3. The molecule has 5 atom stereocenters. The summed E-state index contributed by atoms with van der Waals surface area (Å²) >= 11 is 0. The zero-order chi connectivity index (χ0) is 29.5. The Kier molecular flexibility index (Phi) is 14.3. The second-order valence-electron chi connectivity index (χ2n) is 10.6. The van der Waals surface area contributed by atoms with Crippen molar-refractivity contribution in [2.45, 2.75) is 103 Å². The van der Waals surface area contributed by atoms with Crippen molar-refractivity contribution in [1.82, 2.24) is 20.9 Å². The molecule has 0 unspecified atom stereocenters. The van der Waals surface area contributed by atoms with Gasteiger partial charge in [0, 0.05) is 19.3 Å². The van der Waals surface area contributed by atoms with Gasteiger partial charge in [-0.2, -0.15) is 0 Å². The smallest absolute Gasteiger partial charge is 0.253 e. The molecule has 9 nitrogen and oxygen atoms in total. The third-order valence-electron chi connectivity index (χ3n) is 7.13. The van der Waals surface area contributed by atoms with E-state index < -0.39 is 42.1 Å². The fourth-order valence-electron chi connectivity index (χ4n) is 5.01. The second kappa shape index (κ2) is 17.4. The van der Waals surface area contributed by atoms with Crippen molar-refractivity contribution in [3.05, 3.63) is 66.0 Å². The van der Waals surface area contributed by atoms with Gasteiger partial charge in [-0.3, -0.25) is 19.4 Å². The van der Waals surface area contributed by atoms with Gasteiger partial charge in [0.25, 0.3) is 5.91 Å². The van der Waals surface area contributed by atoms with Crippen molar-refractivity contribution in [3.63, 3.8) is 0 Å². The summed E-state index contributed by atoms with van der Waals surface area (Å²) in [4.78, 5) is 42.2. The van der Waals surface area contributed by atoms with Crippen LogP contribution in [0, 0.1) is 5.92 Å². The van der Waals surface area contributed by atoms with Gasteiger partial charge in [0.2, 0.25) is 11.8 Å². The molecule has 2 rings (SSSR count). The van der Waals surface area contributed by atoms with Crippen LogP contribution < -0.4 is 16.0 Å². The Morgan fingerprint density at radius 1 is 0.850 bits per heavy atom. The molecule has 0 saturated carbocycles. The highest BCUT2D eigenvalue weighted by Crippen LogP contribution is 2.21. The summed E-state index contributed by atoms with van der Waals surface area (Å²) in [6.07, 6.45) is 5.92. The van der Waals surface area contributed by atoms with E-state index in [0.717, 1.165) is 37.7 Å². The number of aromatic nitrogens is 1. The van der Waals surface area contributed by atoms with E-state index in [1.807, 2.05) is 30.3 Å².